The van der Waals surface area contributed by atoms with Gasteiger partial charge in [0, 0.05) is 30.7 Å². The van der Waals surface area contributed by atoms with Crippen molar-refractivity contribution >= 4 is 11.8 Å². The fraction of sp³-hybridized carbons (Fsp3) is 0.818. The maximum absolute atomic E-state index is 11.8. The van der Waals surface area contributed by atoms with Gasteiger partial charge < -0.3 is 9.64 Å². The van der Waals surface area contributed by atoms with Gasteiger partial charge in [0.15, 0.2) is 0 Å². The largest absolute Gasteiger partial charge is 0.468 e. The van der Waals surface area contributed by atoms with Gasteiger partial charge in [0.1, 0.15) is 5.84 Å². The molecule has 0 radical (unpaired) electrons. The first-order valence-electron chi connectivity index (χ1n) is 10.0. The third-order valence-corrected chi connectivity index (χ3v) is 5.31. The number of ether oxygens (including phenoxy) is 1. The number of esters is 1. The summed E-state index contributed by atoms with van der Waals surface area (Å²) in [6.45, 7) is 23.2. The number of amidine groups is 1. The zero-order chi connectivity index (χ0) is 20.8. The van der Waals surface area contributed by atoms with Crippen LogP contribution in [0.2, 0.25) is 0 Å². The summed E-state index contributed by atoms with van der Waals surface area (Å²) < 4.78 is 4.90. The molecule has 0 saturated carbocycles. The van der Waals surface area contributed by atoms with Gasteiger partial charge in [-0.1, -0.05) is 62.3 Å². The van der Waals surface area contributed by atoms with E-state index >= 15 is 0 Å². The van der Waals surface area contributed by atoms with Crippen molar-refractivity contribution in [3.8, 4) is 0 Å². The number of rotatable bonds is 2. The van der Waals surface area contributed by atoms with Crippen molar-refractivity contribution in [2.45, 2.75) is 68.4 Å². The highest BCUT2D eigenvalue weighted by atomic mass is 16.5. The number of hydrogen-bond acceptors (Lipinski definition) is 5. The van der Waals surface area contributed by atoms with E-state index in [1.54, 1.807) is 0 Å². The molecular weight excluding hydrogens is 338 g/mol. The molecule has 0 aromatic heterocycles. The van der Waals surface area contributed by atoms with Crippen molar-refractivity contribution in [2.75, 3.05) is 33.3 Å². The van der Waals surface area contributed by atoms with E-state index in [1.807, 2.05) is 0 Å². The third kappa shape index (κ3) is 4.74. The monoisotopic (exact) mass is 377 g/mol. The third-order valence-electron chi connectivity index (χ3n) is 5.31. The summed E-state index contributed by atoms with van der Waals surface area (Å²) in [5, 5.41) is 0. The molecule has 0 aromatic rings. The molecule has 0 amide bonds. The van der Waals surface area contributed by atoms with Crippen LogP contribution in [0.4, 0.5) is 0 Å². The van der Waals surface area contributed by atoms with Gasteiger partial charge in [-0.25, -0.2) is 0 Å². The van der Waals surface area contributed by atoms with Gasteiger partial charge in [0.05, 0.1) is 19.7 Å². The molecule has 5 nitrogen and oxygen atoms in total. The van der Waals surface area contributed by atoms with Gasteiger partial charge in [-0.3, -0.25) is 14.7 Å². The highest BCUT2D eigenvalue weighted by Gasteiger charge is 2.44. The molecule has 2 aliphatic heterocycles. The number of nitrogens with zero attached hydrogens (tertiary/aromatic N) is 3. The van der Waals surface area contributed by atoms with Gasteiger partial charge in [-0.2, -0.15) is 0 Å². The minimum Gasteiger partial charge on any atom is -0.468 e. The van der Waals surface area contributed by atoms with Crippen LogP contribution in [0.5, 0.6) is 0 Å². The lowest BCUT2D eigenvalue weighted by molar-refractivity contribution is -0.142. The van der Waals surface area contributed by atoms with E-state index in [0.717, 1.165) is 19.6 Å². The summed E-state index contributed by atoms with van der Waals surface area (Å²) in [5.41, 5.74) is 2.74. The topological polar surface area (TPSA) is 45.1 Å². The Morgan fingerprint density at radius 1 is 1.04 bits per heavy atom. The van der Waals surface area contributed by atoms with Crippen LogP contribution < -0.4 is 0 Å². The fourth-order valence-corrected chi connectivity index (χ4v) is 4.08. The van der Waals surface area contributed by atoms with Gasteiger partial charge in [0.2, 0.25) is 0 Å². The minimum atomic E-state index is -0.172. The first-order chi connectivity index (χ1) is 12.2. The number of methoxy groups -OCH3 is 1. The van der Waals surface area contributed by atoms with Crippen LogP contribution in [0.25, 0.3) is 0 Å². The Labute approximate surface area is 165 Å². The molecule has 0 aromatic carbocycles. The molecule has 27 heavy (non-hydrogen) atoms. The molecule has 1 fully saturated rings. The normalized spacial score (nSPS) is 22.5. The molecule has 1 atom stereocenters. The standard InChI is InChI=1S/C22H39N3O2/c1-20(2,3)17-15-13-24(14-16(26)27-10)11-12-25(15)19(22(7,8)9)23-18(17)21(4,5)6/h18H,11-14H2,1-10H3. The first kappa shape index (κ1) is 21.9. The van der Waals surface area contributed by atoms with Crippen molar-refractivity contribution < 1.29 is 9.53 Å². The smallest absolute Gasteiger partial charge is 0.319 e. The maximum atomic E-state index is 11.8. The second-order valence-electron chi connectivity index (χ2n) is 11.0. The second-order valence-corrected chi connectivity index (χ2v) is 11.0. The summed E-state index contributed by atoms with van der Waals surface area (Å²) in [6, 6.07) is 0.135. The fourth-order valence-electron chi connectivity index (χ4n) is 4.08. The molecule has 1 unspecified atom stereocenters. The first-order valence-corrected chi connectivity index (χ1v) is 10.0. The Balaban J connectivity index is 2.58. The van der Waals surface area contributed by atoms with Gasteiger partial charge in [-0.05, 0) is 16.4 Å². The number of fused-ring (bicyclic) bond motifs is 1. The van der Waals surface area contributed by atoms with E-state index in [4.69, 9.17) is 9.73 Å². The van der Waals surface area contributed by atoms with Crippen molar-refractivity contribution in [1.82, 2.24) is 9.80 Å². The Morgan fingerprint density at radius 3 is 2.07 bits per heavy atom. The summed E-state index contributed by atoms with van der Waals surface area (Å²) in [4.78, 5) is 21.8. The number of carbonyl (C=O) groups is 1. The molecule has 2 aliphatic rings. The highest BCUT2D eigenvalue weighted by molar-refractivity contribution is 5.90. The molecule has 2 rings (SSSR count). The average molecular weight is 378 g/mol. The Hall–Kier alpha value is -1.36. The molecule has 0 bridgehead atoms. The maximum Gasteiger partial charge on any atom is 0.319 e. The molecular formula is C22H39N3O2. The summed E-state index contributed by atoms with van der Waals surface area (Å²) in [5.74, 6) is 0.998. The zero-order valence-corrected chi connectivity index (χ0v) is 19.1. The Kier molecular flexibility index (Phi) is 5.87. The van der Waals surface area contributed by atoms with Crippen molar-refractivity contribution in [3.05, 3.63) is 11.3 Å². The average Bonchev–Trinajstić information content (AvgIpc) is 2.49. The quantitative estimate of drug-likeness (QED) is 0.684. The van der Waals surface area contributed by atoms with E-state index < -0.39 is 0 Å². The minimum absolute atomic E-state index is 0.00667. The van der Waals surface area contributed by atoms with Crippen LogP contribution in [0.3, 0.4) is 0 Å². The highest BCUT2D eigenvalue weighted by Crippen LogP contribution is 2.45. The van der Waals surface area contributed by atoms with Crippen LogP contribution in [0, 0.1) is 16.2 Å². The number of piperazine rings is 1. The van der Waals surface area contributed by atoms with Crippen molar-refractivity contribution in [3.63, 3.8) is 0 Å². The lowest BCUT2D eigenvalue weighted by atomic mass is 9.70. The number of carbonyl (C=O) groups excluding carboxylic acids is 1. The molecule has 0 aliphatic carbocycles. The van der Waals surface area contributed by atoms with Crippen LogP contribution in [-0.4, -0.2) is 60.9 Å². The molecule has 0 N–H and O–H groups in total. The summed E-state index contributed by atoms with van der Waals surface area (Å²) >= 11 is 0. The van der Waals surface area contributed by atoms with Crippen LogP contribution in [0.15, 0.2) is 16.3 Å². The van der Waals surface area contributed by atoms with Gasteiger partial charge >= 0.3 is 5.97 Å². The number of hydrogen-bond donors (Lipinski definition) is 0. The molecule has 1 saturated heterocycles. The Morgan fingerprint density at radius 2 is 1.63 bits per heavy atom. The van der Waals surface area contributed by atoms with Gasteiger partial charge in [-0.15, -0.1) is 0 Å². The van der Waals surface area contributed by atoms with E-state index in [2.05, 4.69) is 72.1 Å². The van der Waals surface area contributed by atoms with Crippen LogP contribution in [0.1, 0.15) is 62.3 Å². The molecule has 154 valence electrons. The Bertz CT molecular complexity index is 642. The summed E-state index contributed by atoms with van der Waals surface area (Å²) in [7, 11) is 1.46. The zero-order valence-electron chi connectivity index (χ0n) is 19.1. The lowest BCUT2D eigenvalue weighted by Gasteiger charge is -2.50. The van der Waals surface area contributed by atoms with Crippen molar-refractivity contribution in [1.29, 1.82) is 0 Å². The predicted molar refractivity (Wildman–Crippen MR) is 112 cm³/mol. The number of aliphatic imine (C=N–C) groups is 1. The molecule has 0 spiro atoms. The van der Waals surface area contributed by atoms with E-state index in [1.165, 1.54) is 24.2 Å². The predicted octanol–water partition coefficient (Wildman–Crippen LogP) is 3.95. The molecule has 2 heterocycles. The van der Waals surface area contributed by atoms with E-state index in [-0.39, 0.29) is 28.3 Å². The van der Waals surface area contributed by atoms with Crippen molar-refractivity contribution in [2.24, 2.45) is 21.2 Å². The van der Waals surface area contributed by atoms with E-state index in [0.29, 0.717) is 6.54 Å². The van der Waals surface area contributed by atoms with Gasteiger partial charge in [0.25, 0.3) is 0 Å². The lowest BCUT2D eigenvalue weighted by Crippen LogP contribution is -2.56. The van der Waals surface area contributed by atoms with Crippen LogP contribution >= 0.6 is 0 Å². The second kappa shape index (κ2) is 7.23. The summed E-state index contributed by atoms with van der Waals surface area (Å²) in [6.07, 6.45) is 0. The van der Waals surface area contributed by atoms with Crippen LogP contribution in [-0.2, 0) is 9.53 Å². The SMILES string of the molecule is COC(=O)CN1CCN2C(C(C)(C)C)=NC(C(C)(C)C)C(C(C)(C)C)=C2C1. The van der Waals surface area contributed by atoms with E-state index in [9.17, 15) is 4.79 Å². The molecule has 5 heteroatoms.